The number of carbonyl (C=O) groups is 1. The van der Waals surface area contributed by atoms with Crippen LogP contribution in [0.25, 0.3) is 11.5 Å². The Kier molecular flexibility index (Phi) is 5.90. The van der Waals surface area contributed by atoms with Crippen molar-refractivity contribution in [3.05, 3.63) is 70.8 Å². The third-order valence-corrected chi connectivity index (χ3v) is 5.40. The molecule has 0 unspecified atom stereocenters. The van der Waals surface area contributed by atoms with Crippen molar-refractivity contribution in [1.82, 2.24) is 19.9 Å². The van der Waals surface area contributed by atoms with Gasteiger partial charge in [-0.2, -0.15) is 0 Å². The van der Waals surface area contributed by atoms with E-state index in [-0.39, 0.29) is 16.5 Å². The van der Waals surface area contributed by atoms with Gasteiger partial charge in [0, 0.05) is 44.1 Å². The van der Waals surface area contributed by atoms with Gasteiger partial charge in [-0.15, -0.1) is 0 Å². The summed E-state index contributed by atoms with van der Waals surface area (Å²) in [5.41, 5.74) is 1.58. The fraction of sp³-hybridized carbons (Fsp3) is 0.273. The van der Waals surface area contributed by atoms with Crippen molar-refractivity contribution in [3.8, 4) is 11.5 Å². The molecular formula is C22H21ClFN5O. The molecule has 0 atom stereocenters. The molecule has 154 valence electrons. The molecule has 1 aromatic carbocycles. The van der Waals surface area contributed by atoms with Crippen LogP contribution in [0.5, 0.6) is 0 Å². The summed E-state index contributed by atoms with van der Waals surface area (Å²) >= 11 is 6.06. The molecule has 0 aliphatic carbocycles. The van der Waals surface area contributed by atoms with Crippen LogP contribution in [-0.2, 0) is 6.42 Å². The molecule has 3 heterocycles. The Morgan fingerprint density at radius 1 is 1.10 bits per heavy atom. The number of hydrogen-bond donors (Lipinski definition) is 0. The van der Waals surface area contributed by atoms with Gasteiger partial charge in [0.1, 0.15) is 17.3 Å². The normalized spacial score (nSPS) is 14.1. The Labute approximate surface area is 179 Å². The van der Waals surface area contributed by atoms with Crippen molar-refractivity contribution < 1.29 is 9.18 Å². The van der Waals surface area contributed by atoms with Crippen molar-refractivity contribution in [1.29, 1.82) is 0 Å². The molecule has 6 nitrogen and oxygen atoms in total. The van der Waals surface area contributed by atoms with E-state index < -0.39 is 5.82 Å². The number of benzene rings is 1. The maximum atomic E-state index is 14.1. The predicted octanol–water partition coefficient (Wildman–Crippen LogP) is 3.86. The van der Waals surface area contributed by atoms with Crippen LogP contribution in [0.15, 0.2) is 48.7 Å². The second kappa shape index (κ2) is 8.75. The Bertz CT molecular complexity index is 1030. The lowest BCUT2D eigenvalue weighted by molar-refractivity contribution is 0.0742. The smallest absolute Gasteiger partial charge is 0.258 e. The highest BCUT2D eigenvalue weighted by Crippen LogP contribution is 2.24. The molecule has 1 amide bonds. The minimum atomic E-state index is -0.599. The summed E-state index contributed by atoms with van der Waals surface area (Å²) in [4.78, 5) is 30.2. The first kappa shape index (κ1) is 20.2. The van der Waals surface area contributed by atoms with Crippen LogP contribution in [0, 0.1) is 5.82 Å². The molecule has 4 rings (SSSR count). The lowest BCUT2D eigenvalue weighted by atomic mass is 10.1. The summed E-state index contributed by atoms with van der Waals surface area (Å²) in [6, 6.07) is 11.9. The minimum absolute atomic E-state index is 0.0691. The van der Waals surface area contributed by atoms with Crippen LogP contribution in [0.4, 0.5) is 10.2 Å². The summed E-state index contributed by atoms with van der Waals surface area (Å²) in [5.74, 6) is 0.405. The van der Waals surface area contributed by atoms with E-state index in [1.54, 1.807) is 11.1 Å². The molecule has 8 heteroatoms. The number of aryl methyl sites for hydroxylation is 1. The van der Waals surface area contributed by atoms with Crippen LogP contribution in [0.1, 0.15) is 23.0 Å². The summed E-state index contributed by atoms with van der Waals surface area (Å²) < 4.78 is 14.1. The zero-order chi connectivity index (χ0) is 21.1. The van der Waals surface area contributed by atoms with Crippen LogP contribution < -0.4 is 4.90 Å². The second-order valence-corrected chi connectivity index (χ2v) is 7.39. The van der Waals surface area contributed by atoms with Gasteiger partial charge in [-0.1, -0.05) is 30.7 Å². The summed E-state index contributed by atoms with van der Waals surface area (Å²) in [7, 11) is 0. The molecule has 1 aliphatic rings. The first-order valence-corrected chi connectivity index (χ1v) is 10.2. The number of carbonyl (C=O) groups excluding carboxylic acids is 1. The van der Waals surface area contributed by atoms with Gasteiger partial charge in [-0.3, -0.25) is 9.78 Å². The van der Waals surface area contributed by atoms with Gasteiger partial charge in [0.05, 0.1) is 10.6 Å². The Hall–Kier alpha value is -3.06. The predicted molar refractivity (Wildman–Crippen MR) is 114 cm³/mol. The lowest BCUT2D eigenvalue weighted by Crippen LogP contribution is -2.49. The number of pyridine rings is 1. The molecule has 30 heavy (non-hydrogen) atoms. The molecule has 3 aromatic rings. The van der Waals surface area contributed by atoms with Gasteiger partial charge in [-0.25, -0.2) is 14.4 Å². The highest BCUT2D eigenvalue weighted by Gasteiger charge is 2.26. The molecule has 1 aliphatic heterocycles. The first-order chi connectivity index (χ1) is 14.6. The number of rotatable bonds is 4. The zero-order valence-electron chi connectivity index (χ0n) is 16.6. The average Bonchev–Trinajstić information content (AvgIpc) is 2.79. The highest BCUT2D eigenvalue weighted by atomic mass is 35.5. The highest BCUT2D eigenvalue weighted by molar-refractivity contribution is 6.33. The molecule has 1 saturated heterocycles. The van der Waals surface area contributed by atoms with E-state index in [9.17, 15) is 9.18 Å². The van der Waals surface area contributed by atoms with E-state index >= 15 is 0 Å². The SMILES string of the molecule is CCc1cc(N2CCN(C(=O)c3c(F)cccc3Cl)CC2)nc(-c2ccccn2)n1. The van der Waals surface area contributed by atoms with Crippen LogP contribution >= 0.6 is 11.6 Å². The van der Waals surface area contributed by atoms with Crippen LogP contribution in [-0.4, -0.2) is 51.9 Å². The summed E-state index contributed by atoms with van der Waals surface area (Å²) in [6.07, 6.45) is 2.49. The van der Waals surface area contributed by atoms with E-state index in [0.29, 0.717) is 32.0 Å². The Morgan fingerprint density at radius 3 is 2.57 bits per heavy atom. The topological polar surface area (TPSA) is 62.2 Å². The molecule has 0 spiro atoms. The van der Waals surface area contributed by atoms with E-state index in [1.165, 1.54) is 18.2 Å². The molecule has 0 saturated carbocycles. The van der Waals surface area contributed by atoms with Crippen molar-refractivity contribution in [2.45, 2.75) is 13.3 Å². The van der Waals surface area contributed by atoms with E-state index in [1.807, 2.05) is 31.2 Å². The number of amides is 1. The maximum absolute atomic E-state index is 14.1. The van der Waals surface area contributed by atoms with Gasteiger partial charge in [0.2, 0.25) is 0 Å². The number of piperazine rings is 1. The lowest BCUT2D eigenvalue weighted by Gasteiger charge is -2.35. The molecule has 0 bridgehead atoms. The molecule has 0 radical (unpaired) electrons. The second-order valence-electron chi connectivity index (χ2n) is 6.99. The minimum Gasteiger partial charge on any atom is -0.353 e. The van der Waals surface area contributed by atoms with Crippen LogP contribution in [0.2, 0.25) is 5.02 Å². The Morgan fingerprint density at radius 2 is 1.90 bits per heavy atom. The van der Waals surface area contributed by atoms with Gasteiger partial charge >= 0.3 is 0 Å². The third kappa shape index (κ3) is 4.11. The summed E-state index contributed by atoms with van der Waals surface area (Å²) in [6.45, 7) is 4.12. The van der Waals surface area contributed by atoms with Crippen molar-refractivity contribution in [2.24, 2.45) is 0 Å². The van der Waals surface area contributed by atoms with E-state index in [4.69, 9.17) is 16.6 Å². The van der Waals surface area contributed by atoms with E-state index in [2.05, 4.69) is 14.9 Å². The number of aromatic nitrogens is 3. The quantitative estimate of drug-likeness (QED) is 0.635. The average molecular weight is 426 g/mol. The van der Waals surface area contributed by atoms with Gasteiger partial charge in [-0.05, 0) is 30.7 Å². The van der Waals surface area contributed by atoms with E-state index in [0.717, 1.165) is 23.6 Å². The monoisotopic (exact) mass is 425 g/mol. The van der Waals surface area contributed by atoms with Crippen molar-refractivity contribution in [2.75, 3.05) is 31.1 Å². The standard InChI is InChI=1S/C22H21ClFN5O/c1-2-15-14-19(27-21(26-15)18-8-3-4-9-25-18)28-10-12-29(13-11-28)22(30)20-16(23)6-5-7-17(20)24/h3-9,14H,2,10-13H2,1H3. The summed E-state index contributed by atoms with van der Waals surface area (Å²) in [5, 5.41) is 0.130. The maximum Gasteiger partial charge on any atom is 0.258 e. The van der Waals surface area contributed by atoms with Gasteiger partial charge in [0.25, 0.3) is 5.91 Å². The first-order valence-electron chi connectivity index (χ1n) is 9.84. The molecule has 0 N–H and O–H groups in total. The molecular weight excluding hydrogens is 405 g/mol. The number of nitrogens with zero attached hydrogens (tertiary/aromatic N) is 5. The Balaban J connectivity index is 1.52. The number of hydrogen-bond acceptors (Lipinski definition) is 5. The van der Waals surface area contributed by atoms with Gasteiger partial charge in [0.15, 0.2) is 5.82 Å². The zero-order valence-corrected chi connectivity index (χ0v) is 17.3. The largest absolute Gasteiger partial charge is 0.353 e. The van der Waals surface area contributed by atoms with Crippen molar-refractivity contribution >= 4 is 23.3 Å². The molecule has 1 fully saturated rings. The fourth-order valence-electron chi connectivity index (χ4n) is 3.43. The fourth-order valence-corrected chi connectivity index (χ4v) is 3.68. The van der Waals surface area contributed by atoms with Crippen molar-refractivity contribution in [3.63, 3.8) is 0 Å². The number of anilines is 1. The molecule has 2 aromatic heterocycles. The third-order valence-electron chi connectivity index (χ3n) is 5.09. The number of halogens is 2. The van der Waals surface area contributed by atoms with Crippen LogP contribution in [0.3, 0.4) is 0 Å². The van der Waals surface area contributed by atoms with Gasteiger partial charge < -0.3 is 9.80 Å².